The molecule has 4 nitrogen and oxygen atoms in total. The molecule has 0 bridgehead atoms. The summed E-state index contributed by atoms with van der Waals surface area (Å²) in [5, 5.41) is 11.5. The van der Waals surface area contributed by atoms with E-state index in [4.69, 9.17) is 4.74 Å². The Morgan fingerprint density at radius 3 is 2.65 bits per heavy atom. The van der Waals surface area contributed by atoms with Crippen molar-refractivity contribution in [2.75, 3.05) is 19.6 Å². The van der Waals surface area contributed by atoms with Crippen molar-refractivity contribution in [3.8, 4) is 0 Å². The molecule has 0 aromatic heterocycles. The lowest BCUT2D eigenvalue weighted by atomic mass is 9.55. The first-order valence-electron chi connectivity index (χ1n) is 12.3. The first kappa shape index (κ1) is 21.2. The zero-order chi connectivity index (χ0) is 21.6. The molecular weight excluding hydrogens is 386 g/mol. The van der Waals surface area contributed by atoms with Gasteiger partial charge in [-0.1, -0.05) is 55.8 Å². The van der Waals surface area contributed by atoms with Crippen LogP contribution in [0.15, 0.2) is 42.0 Å². The second-order valence-corrected chi connectivity index (χ2v) is 10.7. The second kappa shape index (κ2) is 8.37. The quantitative estimate of drug-likeness (QED) is 0.582. The SMILES string of the molecule is CC1CCC=C2C[C@H]3OC(=O)C(CN4CCC(Cc5ccccc5)CC4)[C@H]3C(O)[C@@]21C. The normalized spacial score (nSPS) is 38.9. The van der Waals surface area contributed by atoms with Crippen molar-refractivity contribution in [1.29, 1.82) is 0 Å². The number of hydrogen-bond donors (Lipinski definition) is 1. The highest BCUT2D eigenvalue weighted by molar-refractivity contribution is 5.76. The summed E-state index contributed by atoms with van der Waals surface area (Å²) < 4.78 is 5.85. The van der Waals surface area contributed by atoms with E-state index in [0.29, 0.717) is 5.92 Å². The topological polar surface area (TPSA) is 49.8 Å². The van der Waals surface area contributed by atoms with Crippen LogP contribution in [0, 0.1) is 29.1 Å². The molecule has 1 saturated carbocycles. The lowest BCUT2D eigenvalue weighted by Gasteiger charge is -2.52. The number of benzene rings is 1. The van der Waals surface area contributed by atoms with Crippen LogP contribution in [-0.2, 0) is 16.0 Å². The molecule has 1 N–H and O–H groups in total. The van der Waals surface area contributed by atoms with Crippen LogP contribution in [0.4, 0.5) is 0 Å². The Morgan fingerprint density at radius 2 is 1.90 bits per heavy atom. The van der Waals surface area contributed by atoms with Gasteiger partial charge in [-0.3, -0.25) is 4.79 Å². The Morgan fingerprint density at radius 1 is 1.16 bits per heavy atom. The number of hydrogen-bond acceptors (Lipinski definition) is 4. The van der Waals surface area contributed by atoms with E-state index in [9.17, 15) is 9.90 Å². The number of nitrogens with zero attached hydrogens (tertiary/aromatic N) is 1. The third-order valence-electron chi connectivity index (χ3n) is 9.10. The van der Waals surface area contributed by atoms with E-state index in [1.807, 2.05) is 0 Å². The van der Waals surface area contributed by atoms with Crippen LogP contribution < -0.4 is 0 Å². The number of ether oxygens (including phenoxy) is 1. The van der Waals surface area contributed by atoms with Gasteiger partial charge >= 0.3 is 5.97 Å². The van der Waals surface area contributed by atoms with Crippen molar-refractivity contribution < 1.29 is 14.6 Å². The van der Waals surface area contributed by atoms with Crippen molar-refractivity contribution >= 4 is 5.97 Å². The monoisotopic (exact) mass is 423 g/mol. The first-order valence-corrected chi connectivity index (χ1v) is 12.3. The molecule has 168 valence electrons. The van der Waals surface area contributed by atoms with Crippen molar-refractivity contribution in [2.45, 2.75) is 64.6 Å². The summed E-state index contributed by atoms with van der Waals surface area (Å²) >= 11 is 0. The average Bonchev–Trinajstić information content (AvgIpc) is 3.07. The Kier molecular flexibility index (Phi) is 5.72. The predicted molar refractivity (Wildman–Crippen MR) is 121 cm³/mol. The van der Waals surface area contributed by atoms with Gasteiger partial charge in [-0.15, -0.1) is 0 Å². The Labute approximate surface area is 186 Å². The summed E-state index contributed by atoms with van der Waals surface area (Å²) in [6.07, 6.45) is 8.16. The summed E-state index contributed by atoms with van der Waals surface area (Å²) in [4.78, 5) is 15.3. The summed E-state index contributed by atoms with van der Waals surface area (Å²) in [5.74, 6) is 0.803. The van der Waals surface area contributed by atoms with Crippen molar-refractivity contribution in [1.82, 2.24) is 4.90 Å². The lowest BCUT2D eigenvalue weighted by Crippen LogP contribution is -2.55. The third-order valence-corrected chi connectivity index (χ3v) is 9.10. The number of fused-ring (bicyclic) bond motifs is 2. The molecule has 4 heteroatoms. The van der Waals surface area contributed by atoms with Crippen LogP contribution in [0.1, 0.15) is 51.5 Å². The van der Waals surface area contributed by atoms with E-state index in [-0.39, 0.29) is 29.3 Å². The standard InChI is InChI=1S/C27H37NO3/c1-18-7-6-10-21-16-23-24(25(29)27(18,21)2)22(26(30)31-23)17-28-13-11-20(12-14-28)15-19-8-4-3-5-9-19/h3-5,8-10,18,20,22-25,29H,6-7,11-17H2,1-2H3/t18?,22?,23-,24-,25?,27-/m1/s1. The highest BCUT2D eigenvalue weighted by Gasteiger charge is 2.59. The van der Waals surface area contributed by atoms with Crippen LogP contribution in [0.3, 0.4) is 0 Å². The molecule has 2 aliphatic carbocycles. The van der Waals surface area contributed by atoms with Gasteiger partial charge in [0, 0.05) is 24.3 Å². The number of allylic oxidation sites excluding steroid dienone is 1. The van der Waals surface area contributed by atoms with Gasteiger partial charge in [-0.05, 0) is 62.6 Å². The average molecular weight is 424 g/mol. The fraction of sp³-hybridized carbons (Fsp3) is 0.667. The number of likely N-dealkylation sites (tertiary alicyclic amines) is 1. The Hall–Kier alpha value is -1.65. The number of carbonyl (C=O) groups is 1. The molecule has 0 amide bonds. The molecule has 3 unspecified atom stereocenters. The minimum absolute atomic E-state index is 0.0720. The van der Waals surface area contributed by atoms with Gasteiger partial charge in [0.2, 0.25) is 0 Å². The van der Waals surface area contributed by atoms with Gasteiger partial charge in [0.1, 0.15) is 6.10 Å². The summed E-state index contributed by atoms with van der Waals surface area (Å²) in [6.45, 7) is 7.29. The van der Waals surface area contributed by atoms with Crippen molar-refractivity contribution in [2.24, 2.45) is 29.1 Å². The predicted octanol–water partition coefficient (Wildman–Crippen LogP) is 4.23. The van der Waals surface area contributed by atoms with E-state index in [1.165, 1.54) is 24.0 Å². The summed E-state index contributed by atoms with van der Waals surface area (Å²) in [7, 11) is 0. The summed E-state index contributed by atoms with van der Waals surface area (Å²) in [6, 6.07) is 10.8. The van der Waals surface area contributed by atoms with Gasteiger partial charge in [0.05, 0.1) is 12.0 Å². The summed E-state index contributed by atoms with van der Waals surface area (Å²) in [5.41, 5.74) is 2.52. The van der Waals surface area contributed by atoms with Gasteiger partial charge in [-0.25, -0.2) is 0 Å². The Balaban J connectivity index is 1.24. The molecule has 2 aliphatic heterocycles. The zero-order valence-corrected chi connectivity index (χ0v) is 19.0. The maximum absolute atomic E-state index is 12.9. The van der Waals surface area contributed by atoms with Crippen LogP contribution >= 0.6 is 0 Å². The van der Waals surface area contributed by atoms with Crippen molar-refractivity contribution in [3.05, 3.63) is 47.5 Å². The number of rotatable bonds is 4. The molecule has 2 saturated heterocycles. The Bertz CT molecular complexity index is 828. The van der Waals surface area contributed by atoms with Gasteiger partial charge in [0.25, 0.3) is 0 Å². The molecule has 1 aromatic carbocycles. The molecule has 2 heterocycles. The minimum Gasteiger partial charge on any atom is -0.461 e. The van der Waals surface area contributed by atoms with Gasteiger partial charge in [-0.2, -0.15) is 0 Å². The van der Waals surface area contributed by atoms with Crippen LogP contribution in [0.2, 0.25) is 0 Å². The van der Waals surface area contributed by atoms with Crippen molar-refractivity contribution in [3.63, 3.8) is 0 Å². The molecule has 31 heavy (non-hydrogen) atoms. The highest BCUT2D eigenvalue weighted by atomic mass is 16.6. The molecule has 1 aromatic rings. The van der Waals surface area contributed by atoms with E-state index >= 15 is 0 Å². The number of carbonyl (C=O) groups excluding carboxylic acids is 1. The third kappa shape index (κ3) is 3.76. The van der Waals surface area contributed by atoms with E-state index in [1.54, 1.807) is 0 Å². The first-order chi connectivity index (χ1) is 15.0. The largest absolute Gasteiger partial charge is 0.461 e. The van der Waals surface area contributed by atoms with E-state index in [0.717, 1.165) is 51.2 Å². The molecule has 5 rings (SSSR count). The number of aliphatic hydroxyl groups excluding tert-OH is 1. The van der Waals surface area contributed by atoms with E-state index in [2.05, 4.69) is 55.2 Å². The smallest absolute Gasteiger partial charge is 0.311 e. The zero-order valence-electron chi connectivity index (χ0n) is 19.0. The fourth-order valence-electron chi connectivity index (χ4n) is 6.87. The van der Waals surface area contributed by atoms with Crippen LogP contribution in [0.25, 0.3) is 0 Å². The van der Waals surface area contributed by atoms with Gasteiger partial charge < -0.3 is 14.7 Å². The fourth-order valence-corrected chi connectivity index (χ4v) is 6.87. The molecule has 3 fully saturated rings. The van der Waals surface area contributed by atoms with E-state index < -0.39 is 6.10 Å². The molecule has 0 radical (unpaired) electrons. The number of esters is 1. The maximum atomic E-state index is 12.9. The highest BCUT2D eigenvalue weighted by Crippen LogP contribution is 2.56. The maximum Gasteiger partial charge on any atom is 0.311 e. The molecule has 6 atom stereocenters. The van der Waals surface area contributed by atoms with Crippen LogP contribution in [0.5, 0.6) is 0 Å². The minimum atomic E-state index is -0.500. The van der Waals surface area contributed by atoms with Gasteiger partial charge in [0.15, 0.2) is 0 Å². The number of piperidine rings is 1. The molecule has 4 aliphatic rings. The lowest BCUT2D eigenvalue weighted by molar-refractivity contribution is -0.145. The van der Waals surface area contributed by atoms with Crippen LogP contribution in [-0.4, -0.2) is 47.8 Å². The molecule has 0 spiro atoms. The second-order valence-electron chi connectivity index (χ2n) is 10.7. The molecular formula is C27H37NO3. The number of aliphatic hydroxyl groups is 1.